The van der Waals surface area contributed by atoms with E-state index in [-0.39, 0.29) is 12.3 Å². The zero-order valence-electron chi connectivity index (χ0n) is 24.9. The molecule has 0 unspecified atom stereocenters. The van der Waals surface area contributed by atoms with Gasteiger partial charge in [-0.3, -0.25) is 19.2 Å². The standard InChI is InChI=1S/C34H37N5O4S/c1-36(24-27-7-2-3-15-35-27)34(41)43-25-39-31-23-28(12-10-26(31)11-13-33(39)40)42-21-5-4-16-37-17-19-38(20-18-37)30-8-6-9-32-29(30)14-22-44-32/h2-3,6-15,22-23H,4-5,16-21,24-25H2,1H3. The van der Waals surface area contributed by atoms with Crippen molar-refractivity contribution in [2.75, 3.05) is 51.3 Å². The Hall–Kier alpha value is -4.41. The molecule has 0 aliphatic carbocycles. The minimum atomic E-state index is -0.534. The molecule has 0 spiro atoms. The predicted molar refractivity (Wildman–Crippen MR) is 176 cm³/mol. The quantitative estimate of drug-likeness (QED) is 0.174. The third-order valence-electron chi connectivity index (χ3n) is 8.04. The lowest BCUT2D eigenvalue weighted by molar-refractivity contribution is 0.0811. The lowest BCUT2D eigenvalue weighted by atomic mass is 10.2. The van der Waals surface area contributed by atoms with E-state index in [1.807, 2.05) is 36.4 Å². The monoisotopic (exact) mass is 611 g/mol. The molecule has 4 heterocycles. The van der Waals surface area contributed by atoms with Crippen LogP contribution in [0.4, 0.5) is 10.5 Å². The summed E-state index contributed by atoms with van der Waals surface area (Å²) in [6.45, 7) is 5.97. The fraction of sp³-hybridized carbons (Fsp3) is 0.324. The first-order valence-electron chi connectivity index (χ1n) is 15.0. The van der Waals surface area contributed by atoms with Gasteiger partial charge in [-0.15, -0.1) is 11.3 Å². The molecule has 2 aromatic carbocycles. The van der Waals surface area contributed by atoms with Gasteiger partial charge in [0.05, 0.1) is 24.4 Å². The van der Waals surface area contributed by atoms with Crippen LogP contribution in [0.15, 0.2) is 89.2 Å². The molecule has 10 heteroatoms. The Bertz CT molecular complexity index is 1760. The number of anilines is 1. The number of hydrogen-bond acceptors (Lipinski definition) is 8. The largest absolute Gasteiger partial charge is 0.494 e. The zero-order valence-corrected chi connectivity index (χ0v) is 25.7. The summed E-state index contributed by atoms with van der Waals surface area (Å²) in [4.78, 5) is 36.0. The van der Waals surface area contributed by atoms with Crippen LogP contribution < -0.4 is 15.2 Å². The molecule has 0 bridgehead atoms. The summed E-state index contributed by atoms with van der Waals surface area (Å²) in [6.07, 6.45) is 3.14. The summed E-state index contributed by atoms with van der Waals surface area (Å²) < 4.78 is 14.4. The van der Waals surface area contributed by atoms with Gasteiger partial charge in [0.25, 0.3) is 5.56 Å². The Balaban J connectivity index is 0.968. The van der Waals surface area contributed by atoms with Gasteiger partial charge in [0.15, 0.2) is 6.73 Å². The molecular formula is C34H37N5O4S. The molecule has 1 aliphatic rings. The van der Waals surface area contributed by atoms with E-state index >= 15 is 0 Å². The smallest absolute Gasteiger partial charge is 0.411 e. The van der Waals surface area contributed by atoms with Crippen molar-refractivity contribution in [2.24, 2.45) is 0 Å². The number of rotatable bonds is 11. The third kappa shape index (κ3) is 7.03. The Morgan fingerprint density at radius 3 is 2.68 bits per heavy atom. The molecule has 1 saturated heterocycles. The first-order valence-corrected chi connectivity index (χ1v) is 15.9. The fourth-order valence-corrected chi connectivity index (χ4v) is 6.42. The second kappa shape index (κ2) is 13.9. The van der Waals surface area contributed by atoms with Crippen LogP contribution >= 0.6 is 11.3 Å². The molecule has 6 rings (SSSR count). The van der Waals surface area contributed by atoms with Crippen molar-refractivity contribution in [2.45, 2.75) is 26.1 Å². The Kier molecular flexibility index (Phi) is 9.38. The van der Waals surface area contributed by atoms with Crippen LogP contribution in [-0.2, 0) is 18.0 Å². The van der Waals surface area contributed by atoms with Crippen molar-refractivity contribution in [1.82, 2.24) is 19.4 Å². The molecule has 44 heavy (non-hydrogen) atoms. The molecule has 0 N–H and O–H groups in total. The highest BCUT2D eigenvalue weighted by Gasteiger charge is 2.19. The first kappa shape index (κ1) is 29.7. The number of nitrogens with zero attached hydrogens (tertiary/aromatic N) is 5. The molecule has 5 aromatic rings. The van der Waals surface area contributed by atoms with E-state index in [1.165, 1.54) is 31.3 Å². The maximum absolute atomic E-state index is 12.7. The van der Waals surface area contributed by atoms with E-state index in [9.17, 15) is 9.59 Å². The zero-order chi connectivity index (χ0) is 30.3. The van der Waals surface area contributed by atoms with Crippen molar-refractivity contribution in [3.05, 3.63) is 100 Å². The second-order valence-corrected chi connectivity index (χ2v) is 12.0. The van der Waals surface area contributed by atoms with Crippen LogP contribution in [0, 0.1) is 0 Å². The minimum Gasteiger partial charge on any atom is -0.494 e. The highest BCUT2D eigenvalue weighted by atomic mass is 32.1. The molecule has 1 amide bonds. The van der Waals surface area contributed by atoms with Gasteiger partial charge in [-0.25, -0.2) is 4.79 Å². The van der Waals surface area contributed by atoms with Gasteiger partial charge < -0.3 is 19.3 Å². The van der Waals surface area contributed by atoms with Gasteiger partial charge in [-0.05, 0) is 78.7 Å². The molecule has 0 saturated carbocycles. The van der Waals surface area contributed by atoms with Gasteiger partial charge in [-0.1, -0.05) is 12.1 Å². The molecule has 228 valence electrons. The van der Waals surface area contributed by atoms with Gasteiger partial charge in [0, 0.05) is 67.3 Å². The number of ether oxygens (including phenoxy) is 2. The fourth-order valence-electron chi connectivity index (χ4n) is 5.61. The van der Waals surface area contributed by atoms with Crippen LogP contribution in [0.5, 0.6) is 5.75 Å². The van der Waals surface area contributed by atoms with Crippen molar-refractivity contribution in [3.63, 3.8) is 0 Å². The molecule has 1 fully saturated rings. The molecule has 1 aliphatic heterocycles. The van der Waals surface area contributed by atoms with E-state index in [1.54, 1.807) is 30.6 Å². The number of unbranched alkanes of at least 4 members (excludes halogenated alkanes) is 1. The van der Waals surface area contributed by atoms with Gasteiger partial charge in [0.2, 0.25) is 0 Å². The topological polar surface area (TPSA) is 80.1 Å². The number of amides is 1. The molecular weight excluding hydrogens is 574 g/mol. The number of thiophene rings is 1. The van der Waals surface area contributed by atoms with E-state index < -0.39 is 6.09 Å². The van der Waals surface area contributed by atoms with Gasteiger partial charge in [0.1, 0.15) is 5.75 Å². The summed E-state index contributed by atoms with van der Waals surface area (Å²) in [5.41, 5.74) is 2.51. The van der Waals surface area contributed by atoms with Crippen molar-refractivity contribution in [3.8, 4) is 5.75 Å². The Morgan fingerprint density at radius 1 is 0.977 bits per heavy atom. The van der Waals surface area contributed by atoms with Crippen LogP contribution in [0.2, 0.25) is 0 Å². The van der Waals surface area contributed by atoms with E-state index in [4.69, 9.17) is 9.47 Å². The number of piperazine rings is 1. The number of fused-ring (bicyclic) bond motifs is 2. The van der Waals surface area contributed by atoms with Crippen LogP contribution in [0.1, 0.15) is 18.5 Å². The summed E-state index contributed by atoms with van der Waals surface area (Å²) in [7, 11) is 1.64. The van der Waals surface area contributed by atoms with E-state index in [0.29, 0.717) is 24.4 Å². The maximum atomic E-state index is 12.7. The minimum absolute atomic E-state index is 0.194. The first-order chi connectivity index (χ1) is 21.5. The highest BCUT2D eigenvalue weighted by Crippen LogP contribution is 2.31. The van der Waals surface area contributed by atoms with E-state index in [0.717, 1.165) is 56.6 Å². The van der Waals surface area contributed by atoms with Crippen molar-refractivity contribution in [1.29, 1.82) is 0 Å². The highest BCUT2D eigenvalue weighted by molar-refractivity contribution is 7.17. The summed E-state index contributed by atoms with van der Waals surface area (Å²) in [5.74, 6) is 0.687. The van der Waals surface area contributed by atoms with E-state index in [2.05, 4.69) is 44.4 Å². The average molecular weight is 612 g/mol. The summed E-state index contributed by atoms with van der Waals surface area (Å²) in [6, 6.07) is 23.3. The Labute approximate surface area is 260 Å². The third-order valence-corrected chi connectivity index (χ3v) is 8.92. The summed E-state index contributed by atoms with van der Waals surface area (Å²) >= 11 is 1.80. The number of benzene rings is 2. The van der Waals surface area contributed by atoms with Gasteiger partial charge in [-0.2, -0.15) is 0 Å². The molecule has 3 aromatic heterocycles. The van der Waals surface area contributed by atoms with Crippen LogP contribution in [0.3, 0.4) is 0 Å². The van der Waals surface area contributed by atoms with Crippen LogP contribution in [0.25, 0.3) is 21.0 Å². The molecule has 9 nitrogen and oxygen atoms in total. The molecule has 0 radical (unpaired) electrons. The lowest BCUT2D eigenvalue weighted by Gasteiger charge is -2.36. The molecule has 0 atom stereocenters. The number of pyridine rings is 2. The van der Waals surface area contributed by atoms with Gasteiger partial charge >= 0.3 is 6.09 Å². The Morgan fingerprint density at radius 2 is 1.84 bits per heavy atom. The predicted octanol–water partition coefficient (Wildman–Crippen LogP) is 5.82. The van der Waals surface area contributed by atoms with Crippen LogP contribution in [-0.4, -0.2) is 71.8 Å². The maximum Gasteiger partial charge on any atom is 0.411 e. The lowest BCUT2D eigenvalue weighted by Crippen LogP contribution is -2.46. The SMILES string of the molecule is CN(Cc1ccccn1)C(=O)OCn1c(=O)ccc2ccc(OCCCCN3CCN(c4cccc5sccc45)CC3)cc21. The number of hydrogen-bond donors (Lipinski definition) is 0. The normalized spacial score (nSPS) is 13.8. The van der Waals surface area contributed by atoms with Crippen molar-refractivity contribution >= 4 is 44.1 Å². The number of carbonyl (C=O) groups is 1. The second-order valence-electron chi connectivity index (χ2n) is 11.0. The number of carbonyl (C=O) groups excluding carboxylic acids is 1. The number of aromatic nitrogens is 2. The van der Waals surface area contributed by atoms with Crippen molar-refractivity contribution < 1.29 is 14.3 Å². The average Bonchev–Trinajstić information content (AvgIpc) is 3.54. The summed E-state index contributed by atoms with van der Waals surface area (Å²) in [5, 5.41) is 4.40.